The summed E-state index contributed by atoms with van der Waals surface area (Å²) in [6, 6.07) is 9.31. The maximum atomic E-state index is 14.7. The van der Waals surface area contributed by atoms with Gasteiger partial charge in [0.15, 0.2) is 17.4 Å². The number of piperazine rings is 1. The maximum absolute atomic E-state index is 14.7. The highest BCUT2D eigenvalue weighted by Crippen LogP contribution is 2.30. The first-order valence-corrected chi connectivity index (χ1v) is 13.8. The molecule has 9 nitrogen and oxygen atoms in total. The largest absolute Gasteiger partial charge is 0.493 e. The number of hydrogen-bond donors (Lipinski definition) is 3. The monoisotopic (exact) mass is 552 g/mol. The highest BCUT2D eigenvalue weighted by atomic mass is 19.1. The van der Waals surface area contributed by atoms with Crippen molar-refractivity contribution in [2.75, 3.05) is 57.8 Å². The molecule has 1 aromatic heterocycles. The van der Waals surface area contributed by atoms with Crippen LogP contribution in [0.3, 0.4) is 0 Å². The van der Waals surface area contributed by atoms with Crippen LogP contribution in [0.5, 0.6) is 11.5 Å². The van der Waals surface area contributed by atoms with Crippen molar-refractivity contribution in [3.8, 4) is 22.8 Å². The van der Waals surface area contributed by atoms with E-state index in [-0.39, 0.29) is 23.3 Å². The SMILES string of the molecule is O=C(NCCN1CCNCC1)c1ccc2cc1OCCCCCCOc1cc(ccc1F)-c1nc(ncc1F)N2. The fraction of sp³-hybridized carbons (Fsp3) is 0.414. The average molecular weight is 553 g/mol. The second kappa shape index (κ2) is 13.5. The molecule has 0 spiro atoms. The Morgan fingerprint density at radius 1 is 0.950 bits per heavy atom. The predicted molar refractivity (Wildman–Crippen MR) is 148 cm³/mol. The van der Waals surface area contributed by atoms with Crippen LogP contribution >= 0.6 is 0 Å². The summed E-state index contributed by atoms with van der Waals surface area (Å²) in [5, 5.41) is 9.40. The van der Waals surface area contributed by atoms with Crippen molar-refractivity contribution in [3.05, 3.63) is 59.8 Å². The number of amides is 1. The number of anilines is 2. The van der Waals surface area contributed by atoms with Crippen LogP contribution in [0.1, 0.15) is 36.0 Å². The first-order chi connectivity index (χ1) is 19.6. The number of fused-ring (bicyclic) bond motifs is 7. The van der Waals surface area contributed by atoms with Gasteiger partial charge in [-0.15, -0.1) is 0 Å². The van der Waals surface area contributed by atoms with E-state index >= 15 is 0 Å². The van der Waals surface area contributed by atoms with Gasteiger partial charge in [-0.1, -0.05) is 0 Å². The summed E-state index contributed by atoms with van der Waals surface area (Å²) >= 11 is 0. The normalized spacial score (nSPS) is 16.4. The molecule has 5 rings (SSSR count). The van der Waals surface area contributed by atoms with Gasteiger partial charge in [-0.2, -0.15) is 0 Å². The molecule has 3 aromatic rings. The van der Waals surface area contributed by atoms with Gasteiger partial charge in [0, 0.05) is 56.6 Å². The number of halogens is 2. The first-order valence-electron chi connectivity index (χ1n) is 13.8. The summed E-state index contributed by atoms with van der Waals surface area (Å²) in [4.78, 5) is 23.8. The van der Waals surface area contributed by atoms with E-state index in [1.165, 1.54) is 18.2 Å². The molecular formula is C29H34F2N6O3. The zero-order chi connectivity index (χ0) is 27.7. The number of rotatable bonds is 4. The zero-order valence-electron chi connectivity index (χ0n) is 22.3. The second-order valence-electron chi connectivity index (χ2n) is 9.83. The van der Waals surface area contributed by atoms with Gasteiger partial charge in [-0.25, -0.2) is 18.7 Å². The van der Waals surface area contributed by atoms with E-state index in [0.29, 0.717) is 42.3 Å². The van der Waals surface area contributed by atoms with Crippen LogP contribution < -0.4 is 25.4 Å². The molecule has 2 aliphatic rings. The summed E-state index contributed by atoms with van der Waals surface area (Å²) in [5.74, 6) is -0.721. The molecule has 6 bridgehead atoms. The minimum absolute atomic E-state index is 0.0143. The highest BCUT2D eigenvalue weighted by Gasteiger charge is 2.17. The lowest BCUT2D eigenvalue weighted by Gasteiger charge is -2.27. The van der Waals surface area contributed by atoms with Gasteiger partial charge in [-0.3, -0.25) is 9.69 Å². The zero-order valence-corrected chi connectivity index (χ0v) is 22.3. The molecule has 3 heterocycles. The van der Waals surface area contributed by atoms with Crippen molar-refractivity contribution >= 4 is 17.5 Å². The Bertz CT molecular complexity index is 1320. The van der Waals surface area contributed by atoms with Crippen molar-refractivity contribution in [2.45, 2.75) is 25.7 Å². The highest BCUT2D eigenvalue weighted by molar-refractivity contribution is 5.97. The Labute approximate surface area is 232 Å². The number of carbonyl (C=O) groups excluding carboxylic acids is 1. The van der Waals surface area contributed by atoms with Crippen molar-refractivity contribution in [3.63, 3.8) is 0 Å². The van der Waals surface area contributed by atoms with Crippen LogP contribution in [0.4, 0.5) is 20.4 Å². The number of nitrogens with zero attached hydrogens (tertiary/aromatic N) is 3. The third-order valence-corrected chi connectivity index (χ3v) is 6.91. The summed E-state index contributed by atoms with van der Waals surface area (Å²) in [6.07, 6.45) is 4.34. The molecule has 2 aromatic carbocycles. The average Bonchev–Trinajstić information content (AvgIpc) is 2.96. The van der Waals surface area contributed by atoms with E-state index < -0.39 is 11.6 Å². The molecule has 3 N–H and O–H groups in total. The second-order valence-corrected chi connectivity index (χ2v) is 9.83. The molecule has 0 aliphatic carbocycles. The Kier molecular flexibility index (Phi) is 9.35. The summed E-state index contributed by atoms with van der Waals surface area (Å²) < 4.78 is 40.7. The Balaban J connectivity index is 1.37. The number of benzene rings is 2. The van der Waals surface area contributed by atoms with E-state index in [9.17, 15) is 13.6 Å². The summed E-state index contributed by atoms with van der Waals surface area (Å²) in [7, 11) is 0. The predicted octanol–water partition coefficient (Wildman–Crippen LogP) is 4.13. The first kappa shape index (κ1) is 27.7. The molecule has 0 atom stereocenters. The quantitative estimate of drug-likeness (QED) is 0.444. The number of aromatic nitrogens is 2. The number of ether oxygens (including phenoxy) is 2. The van der Waals surface area contributed by atoms with Crippen LogP contribution in [-0.4, -0.2) is 73.3 Å². The Morgan fingerprint density at radius 3 is 2.52 bits per heavy atom. The third-order valence-electron chi connectivity index (χ3n) is 6.91. The maximum Gasteiger partial charge on any atom is 0.255 e. The van der Waals surface area contributed by atoms with Crippen LogP contribution in [0.2, 0.25) is 0 Å². The lowest BCUT2D eigenvalue weighted by Crippen LogP contribution is -2.46. The van der Waals surface area contributed by atoms with Crippen molar-refractivity contribution in [1.29, 1.82) is 0 Å². The molecule has 0 unspecified atom stereocenters. The topological polar surface area (TPSA) is 101 Å². The van der Waals surface area contributed by atoms with E-state index in [2.05, 4.69) is 30.8 Å². The van der Waals surface area contributed by atoms with Gasteiger partial charge in [-0.05, 0) is 56.0 Å². The molecule has 2 aliphatic heterocycles. The Hall–Kier alpha value is -3.83. The molecular weight excluding hydrogens is 518 g/mol. The van der Waals surface area contributed by atoms with E-state index in [4.69, 9.17) is 9.47 Å². The van der Waals surface area contributed by atoms with Crippen LogP contribution in [0.25, 0.3) is 11.3 Å². The summed E-state index contributed by atoms with van der Waals surface area (Å²) in [5.41, 5.74) is 1.40. The molecule has 0 radical (unpaired) electrons. The van der Waals surface area contributed by atoms with E-state index in [0.717, 1.165) is 64.6 Å². The molecule has 11 heteroatoms. The minimum atomic E-state index is -0.644. The van der Waals surface area contributed by atoms with Gasteiger partial charge in [0.25, 0.3) is 5.91 Å². The van der Waals surface area contributed by atoms with Crippen LogP contribution in [0.15, 0.2) is 42.6 Å². The van der Waals surface area contributed by atoms with Crippen molar-refractivity contribution < 1.29 is 23.0 Å². The Morgan fingerprint density at radius 2 is 1.73 bits per heavy atom. The molecule has 40 heavy (non-hydrogen) atoms. The minimum Gasteiger partial charge on any atom is -0.493 e. The van der Waals surface area contributed by atoms with Crippen LogP contribution in [-0.2, 0) is 0 Å². The van der Waals surface area contributed by atoms with Gasteiger partial charge in [0.05, 0.1) is 25.0 Å². The standard InChI is InChI=1S/C29H34F2N6O3/c30-23-8-5-20-17-26(23)40-16-4-2-1-3-15-39-25-18-21(35-29-34-19-24(31)27(20)36-29)6-7-22(25)28(38)33-11-14-37-12-9-32-10-13-37/h5-8,17-19,32H,1-4,9-16H2,(H,33,38)(H,34,35,36). The lowest BCUT2D eigenvalue weighted by molar-refractivity contribution is 0.0943. The summed E-state index contributed by atoms with van der Waals surface area (Å²) in [6.45, 7) is 5.93. The number of carbonyl (C=O) groups is 1. The van der Waals surface area contributed by atoms with Crippen LogP contribution in [0, 0.1) is 11.6 Å². The smallest absolute Gasteiger partial charge is 0.255 e. The molecule has 1 saturated heterocycles. The van der Waals surface area contributed by atoms with Gasteiger partial charge in [0.2, 0.25) is 5.95 Å². The van der Waals surface area contributed by atoms with E-state index in [1.54, 1.807) is 18.2 Å². The van der Waals surface area contributed by atoms with Crippen molar-refractivity contribution in [1.82, 2.24) is 25.5 Å². The molecule has 1 fully saturated rings. The number of nitrogens with one attached hydrogen (secondary N) is 3. The molecule has 1 amide bonds. The van der Waals surface area contributed by atoms with Gasteiger partial charge >= 0.3 is 0 Å². The fourth-order valence-corrected chi connectivity index (χ4v) is 4.71. The van der Waals surface area contributed by atoms with Crippen molar-refractivity contribution in [2.24, 2.45) is 0 Å². The third kappa shape index (κ3) is 7.22. The van der Waals surface area contributed by atoms with E-state index in [1.807, 2.05) is 0 Å². The lowest BCUT2D eigenvalue weighted by atomic mass is 10.1. The van der Waals surface area contributed by atoms with Gasteiger partial charge < -0.3 is 25.4 Å². The molecule has 212 valence electrons. The fourth-order valence-electron chi connectivity index (χ4n) is 4.71. The number of hydrogen-bond acceptors (Lipinski definition) is 8. The molecule has 0 saturated carbocycles. The van der Waals surface area contributed by atoms with Gasteiger partial charge in [0.1, 0.15) is 11.4 Å².